The molecule has 3 aromatic heterocycles. The number of unbranched alkanes of at least 4 members (excludes halogenated alkanes) is 3. The fourth-order valence-electron chi connectivity index (χ4n) is 13.0. The van der Waals surface area contributed by atoms with Crippen molar-refractivity contribution >= 4 is 46.4 Å². The lowest BCUT2D eigenvalue weighted by Gasteiger charge is -2.31. The minimum atomic E-state index is 0.0804. The molecule has 3 fully saturated rings. The second-order valence-electron chi connectivity index (χ2n) is 26.4. The zero-order valence-electron chi connectivity index (χ0n) is 52.2. The number of H-pyrrole nitrogens is 2. The van der Waals surface area contributed by atoms with E-state index in [4.69, 9.17) is 28.9 Å². The Labute approximate surface area is 511 Å². The molecule has 0 radical (unpaired) electrons. The summed E-state index contributed by atoms with van der Waals surface area (Å²) >= 11 is 0. The largest absolute Gasteiger partial charge is 0.490 e. The second kappa shape index (κ2) is 25.2. The quantitative estimate of drug-likeness (QED) is 0.0476. The fraction of sp³-hybridized carbons (Fsp3) is 0.373. The number of aromatic amines is 2. The van der Waals surface area contributed by atoms with Crippen molar-refractivity contribution in [2.24, 2.45) is 0 Å². The second-order valence-corrected chi connectivity index (χ2v) is 26.4. The molecule has 0 amide bonds. The molecule has 11 nitrogen and oxygen atoms in total. The first-order chi connectivity index (χ1) is 41.7. The minimum absolute atomic E-state index is 0.0804. The molecule has 442 valence electrons. The number of likely N-dealkylation sites (tertiary alicyclic amines) is 3. The molecule has 0 spiro atoms. The number of nitrogens with zero attached hydrogens (tertiary/aromatic N) is 5. The predicted octanol–water partition coefficient (Wildman–Crippen LogP) is 17.2. The van der Waals surface area contributed by atoms with Gasteiger partial charge >= 0.3 is 18.3 Å². The summed E-state index contributed by atoms with van der Waals surface area (Å²) in [5.74, 6) is 3.28. The molecule has 0 saturated carbocycles. The van der Waals surface area contributed by atoms with Gasteiger partial charge in [0, 0.05) is 66.6 Å². The van der Waals surface area contributed by atoms with Crippen molar-refractivity contribution < 1.29 is 32.4 Å². The van der Waals surface area contributed by atoms with E-state index >= 15 is 0 Å². The Kier molecular flexibility index (Phi) is 17.2. The van der Waals surface area contributed by atoms with Crippen LogP contribution in [0, 0.1) is 18.3 Å². The van der Waals surface area contributed by atoms with Crippen LogP contribution in [0.4, 0.5) is 0 Å². The Balaban J connectivity index is 1.13. The number of aromatic nitrogens is 4. The van der Waals surface area contributed by atoms with E-state index in [0.717, 1.165) is 248 Å². The fourth-order valence-corrected chi connectivity index (χ4v) is 13.0. The van der Waals surface area contributed by atoms with Crippen LogP contribution in [-0.2, 0) is 0 Å². The average Bonchev–Trinajstić information content (AvgIpc) is 2.33. The lowest BCUT2D eigenvalue weighted by Crippen LogP contribution is -2.46. The molecule has 8 bridgehead atoms. The van der Waals surface area contributed by atoms with E-state index in [2.05, 4.69) is 212 Å². The van der Waals surface area contributed by atoms with Gasteiger partial charge in [-0.2, -0.15) is 0 Å². The molecule has 5 aliphatic heterocycles. The molecular weight excluding hydrogens is 1060 g/mol. The number of hydrogen-bond acceptors (Lipinski definition) is 6. The maximum Gasteiger partial charge on any atom is 0.301 e. The number of nitrogens with one attached hydrogen (secondary N) is 2. The van der Waals surface area contributed by atoms with E-state index in [1.54, 1.807) is 0 Å². The molecule has 3 saturated heterocycles. The third-order valence-corrected chi connectivity index (χ3v) is 18.4. The Hall–Kier alpha value is -7.83. The zero-order chi connectivity index (χ0) is 59.4. The number of piperidine rings is 3. The first-order valence-electron chi connectivity index (χ1n) is 31.9. The number of rotatable bonds is 19. The van der Waals surface area contributed by atoms with E-state index in [0.29, 0.717) is 0 Å². The highest BCUT2D eigenvalue weighted by atomic mass is 16.5. The summed E-state index contributed by atoms with van der Waals surface area (Å²) in [5.41, 5.74) is 14.5. The van der Waals surface area contributed by atoms with Crippen molar-refractivity contribution in [1.29, 1.82) is 0 Å². The number of ether oxygens (including phenoxy) is 4. The van der Waals surface area contributed by atoms with Gasteiger partial charge in [-0.1, -0.05) is 112 Å². The van der Waals surface area contributed by atoms with Gasteiger partial charge < -0.3 is 42.4 Å². The Morgan fingerprint density at radius 1 is 0.384 bits per heavy atom. The van der Waals surface area contributed by atoms with E-state index < -0.39 is 0 Å². The molecule has 8 heterocycles. The van der Waals surface area contributed by atoms with Crippen LogP contribution >= 0.6 is 0 Å². The third kappa shape index (κ3) is 13.1. The number of benzene rings is 4. The topological polar surface area (TPSA) is 94.3 Å². The van der Waals surface area contributed by atoms with Gasteiger partial charge in [-0.25, -0.2) is 9.97 Å². The Morgan fingerprint density at radius 2 is 0.698 bits per heavy atom. The molecule has 1 unspecified atom stereocenters. The Bertz CT molecular complexity index is 3690. The predicted molar refractivity (Wildman–Crippen MR) is 354 cm³/mol. The van der Waals surface area contributed by atoms with Gasteiger partial charge in [0.1, 0.15) is 45.0 Å². The summed E-state index contributed by atoms with van der Waals surface area (Å²) in [4.78, 5) is 19.7. The molecule has 12 rings (SSSR count). The van der Waals surface area contributed by atoms with E-state index in [9.17, 15) is 0 Å². The van der Waals surface area contributed by atoms with Crippen LogP contribution in [0.25, 0.3) is 90.9 Å². The highest BCUT2D eigenvalue weighted by Crippen LogP contribution is 2.46. The molecule has 0 aliphatic carbocycles. The summed E-state index contributed by atoms with van der Waals surface area (Å²) < 4.78 is 31.4. The summed E-state index contributed by atoms with van der Waals surface area (Å²) in [6.07, 6.45) is 25.4. The van der Waals surface area contributed by atoms with Crippen LogP contribution in [-0.4, -0.2) is 121 Å². The molecule has 4 aromatic carbocycles. The first-order valence-corrected chi connectivity index (χ1v) is 31.9. The van der Waals surface area contributed by atoms with Crippen LogP contribution in [0.15, 0.2) is 121 Å². The lowest BCUT2D eigenvalue weighted by atomic mass is 10.0. The normalized spacial score (nSPS) is 17.4. The molecule has 2 N–H and O–H groups in total. The minimum Gasteiger partial charge on any atom is -0.490 e. The zero-order valence-corrected chi connectivity index (χ0v) is 52.2. The maximum atomic E-state index is 7.24. The lowest BCUT2D eigenvalue weighted by molar-refractivity contribution is -0.894. The van der Waals surface area contributed by atoms with Gasteiger partial charge in [-0.3, -0.25) is 0 Å². The highest BCUT2D eigenvalue weighted by molar-refractivity contribution is 6.01. The van der Waals surface area contributed by atoms with E-state index in [-0.39, 0.29) is 6.10 Å². The van der Waals surface area contributed by atoms with Crippen molar-refractivity contribution in [2.75, 3.05) is 81.6 Å². The van der Waals surface area contributed by atoms with E-state index in [1.807, 2.05) is 0 Å². The average molecular weight is 1150 g/mol. The first kappa shape index (κ1) is 58.5. The number of quaternary nitrogens is 3. The van der Waals surface area contributed by atoms with Crippen LogP contribution < -0.4 is 18.9 Å². The molecular formula is C75H89N7O4+6. The molecule has 86 heavy (non-hydrogen) atoms. The third-order valence-electron chi connectivity index (χ3n) is 18.4. The van der Waals surface area contributed by atoms with Gasteiger partial charge in [-0.05, 0) is 92.1 Å². The summed E-state index contributed by atoms with van der Waals surface area (Å²) in [7, 11) is 13.8. The molecule has 5 aliphatic rings. The van der Waals surface area contributed by atoms with Crippen molar-refractivity contribution in [2.45, 2.75) is 103 Å². The number of fused-ring (bicyclic) bond motifs is 8. The molecule has 11 heteroatoms. The molecule has 7 aromatic rings. The monoisotopic (exact) mass is 1150 g/mol. The summed E-state index contributed by atoms with van der Waals surface area (Å²) in [6, 6.07) is 42.9. The van der Waals surface area contributed by atoms with Crippen molar-refractivity contribution in [3.63, 3.8) is 0 Å². The van der Waals surface area contributed by atoms with Crippen LogP contribution in [0.5, 0.6) is 23.0 Å². The van der Waals surface area contributed by atoms with Gasteiger partial charge in [0.25, 0.3) is 0 Å². The van der Waals surface area contributed by atoms with Gasteiger partial charge in [0.05, 0.1) is 71.2 Å². The summed E-state index contributed by atoms with van der Waals surface area (Å²) in [5, 5.41) is 0. The SMILES string of the molecule is CCCCCCC(CCC)Oc1ccccc1-c1c2nc(c(-c3ccccc3O[C+]3CC[N+](C)(C)CC3)c3ccc([nH]3)c(-c3ccccc3O[C+]3CC[N+](C)(C)CC3)c3nc(c(-c4ccccc4O[C+]4CC[N+](C)(C)CC4)c4ccc1[nH]4)C=C3)C=C2. The van der Waals surface area contributed by atoms with Crippen molar-refractivity contribution in [1.82, 2.24) is 19.9 Å². The Morgan fingerprint density at radius 3 is 1.02 bits per heavy atom. The number of para-hydroxylation sites is 4. The van der Waals surface area contributed by atoms with Crippen LogP contribution in [0.1, 0.15) is 120 Å². The van der Waals surface area contributed by atoms with Gasteiger partial charge in [0.2, 0.25) is 0 Å². The van der Waals surface area contributed by atoms with Crippen molar-refractivity contribution in [3.8, 4) is 67.5 Å². The molecule has 1 atom stereocenters. The maximum absolute atomic E-state index is 7.24. The number of hydrogen-bond donors (Lipinski definition) is 2. The van der Waals surface area contributed by atoms with Crippen LogP contribution in [0.2, 0.25) is 0 Å². The van der Waals surface area contributed by atoms with E-state index in [1.165, 1.54) is 19.3 Å². The van der Waals surface area contributed by atoms with Crippen LogP contribution in [0.3, 0.4) is 0 Å². The smallest absolute Gasteiger partial charge is 0.301 e. The highest BCUT2D eigenvalue weighted by Gasteiger charge is 2.41. The van der Waals surface area contributed by atoms with Gasteiger partial charge in [-0.15, -0.1) is 0 Å². The van der Waals surface area contributed by atoms with Gasteiger partial charge in [0.15, 0.2) is 55.8 Å². The summed E-state index contributed by atoms with van der Waals surface area (Å²) in [6.45, 7) is 10.7. The standard InChI is InChI=1S/C75H89N7O4/c1-9-11-12-13-23-52(22-10-2)83-68-28-18-14-24-56(68)72-60-32-34-62(76-60)73(57-25-15-19-29-69(57)84-53-40-46-80(3,4)47-41-53)64-36-38-66(78-64)75(59-27-17-21-31-71(59)86-55-44-50-82(7,8)51-45-55)67-39-37-65(79-67)74(63-35-33-61(72)77-63)58-26-16-20-30-70(58)85-54-42-48-81(5,6)49-43-54/h14-21,24-39,52,76,79H,9-13,22-23,40-51H2,1-8H3/q+6. The van der Waals surface area contributed by atoms with Crippen molar-refractivity contribution in [3.05, 3.63) is 162 Å².